The monoisotopic (exact) mass is 385 g/mol. The molecule has 0 aliphatic carbocycles. The van der Waals surface area contributed by atoms with Gasteiger partial charge in [0.25, 0.3) is 0 Å². The number of fused-ring (bicyclic) bond motifs is 1. The lowest BCUT2D eigenvalue weighted by molar-refractivity contribution is 0.00934. The number of amides is 2. The molecule has 1 N–H and O–H groups in total. The summed E-state index contributed by atoms with van der Waals surface area (Å²) >= 11 is 0. The Bertz CT molecular complexity index is 734. The molecule has 4 rings (SSSR count). The molecule has 3 heterocycles. The third-order valence-electron chi connectivity index (χ3n) is 6.56. The highest BCUT2D eigenvalue weighted by Gasteiger charge is 2.33. The molecule has 2 atom stereocenters. The Morgan fingerprint density at radius 1 is 1.25 bits per heavy atom. The number of rotatable bonds is 1. The minimum Gasteiger partial charge on any atom is -0.377 e. The van der Waals surface area contributed by atoms with Gasteiger partial charge in [-0.25, -0.2) is 4.79 Å². The molecule has 2 amide bonds. The number of hydrogen-bond acceptors (Lipinski definition) is 3. The average molecular weight is 386 g/mol. The smallest absolute Gasteiger partial charge is 0.320 e. The standard InChI is InChI=1S/C23H35N3O2/c1-16-15-28-11-10-26(16)22(27)25-9-7-17-12-18(23(2,3)4)13-19(20(17)14-25)21-6-5-8-24-21/h12-13,16,21,24H,5-11,14-15H2,1-4H3/t16-,21+/m1/s1. The topological polar surface area (TPSA) is 44.8 Å². The van der Waals surface area contributed by atoms with Crippen LogP contribution in [0.25, 0.3) is 0 Å². The van der Waals surface area contributed by atoms with E-state index in [1.807, 2.05) is 4.90 Å². The van der Waals surface area contributed by atoms with Gasteiger partial charge in [-0.2, -0.15) is 0 Å². The van der Waals surface area contributed by atoms with Crippen molar-refractivity contribution in [3.05, 3.63) is 34.4 Å². The first-order valence-corrected chi connectivity index (χ1v) is 10.9. The maximum atomic E-state index is 13.2. The van der Waals surface area contributed by atoms with Crippen molar-refractivity contribution in [2.24, 2.45) is 0 Å². The highest BCUT2D eigenvalue weighted by molar-refractivity contribution is 5.75. The molecule has 0 spiro atoms. The summed E-state index contributed by atoms with van der Waals surface area (Å²) in [6, 6.07) is 5.56. The highest BCUT2D eigenvalue weighted by atomic mass is 16.5. The van der Waals surface area contributed by atoms with Crippen molar-refractivity contribution in [2.75, 3.05) is 32.8 Å². The van der Waals surface area contributed by atoms with Crippen molar-refractivity contribution in [3.8, 4) is 0 Å². The molecule has 1 aromatic carbocycles. The summed E-state index contributed by atoms with van der Waals surface area (Å²) in [7, 11) is 0. The molecule has 0 saturated carbocycles. The van der Waals surface area contributed by atoms with Crippen LogP contribution in [0.5, 0.6) is 0 Å². The van der Waals surface area contributed by atoms with E-state index in [-0.39, 0.29) is 17.5 Å². The summed E-state index contributed by atoms with van der Waals surface area (Å²) in [6.45, 7) is 13.6. The van der Waals surface area contributed by atoms with Crippen LogP contribution >= 0.6 is 0 Å². The molecule has 0 bridgehead atoms. The van der Waals surface area contributed by atoms with Crippen LogP contribution in [0.1, 0.15) is 68.8 Å². The number of carbonyl (C=O) groups excluding carboxylic acids is 1. The van der Waals surface area contributed by atoms with E-state index in [0.717, 1.165) is 26.1 Å². The number of urea groups is 1. The Kier molecular flexibility index (Phi) is 5.41. The second-order valence-electron chi connectivity index (χ2n) is 9.67. The first kappa shape index (κ1) is 19.7. The van der Waals surface area contributed by atoms with Crippen LogP contribution < -0.4 is 5.32 Å². The molecule has 5 heteroatoms. The van der Waals surface area contributed by atoms with Crippen molar-refractivity contribution in [2.45, 2.75) is 71.0 Å². The molecule has 154 valence electrons. The number of hydrogen-bond donors (Lipinski definition) is 1. The van der Waals surface area contributed by atoms with E-state index in [1.165, 1.54) is 35.1 Å². The van der Waals surface area contributed by atoms with Crippen LogP contribution in [-0.2, 0) is 23.1 Å². The van der Waals surface area contributed by atoms with E-state index in [0.29, 0.717) is 25.8 Å². The molecule has 1 aromatic rings. The zero-order valence-corrected chi connectivity index (χ0v) is 17.9. The van der Waals surface area contributed by atoms with Crippen molar-refractivity contribution in [1.82, 2.24) is 15.1 Å². The Morgan fingerprint density at radius 2 is 2.07 bits per heavy atom. The molecule has 0 aromatic heterocycles. The van der Waals surface area contributed by atoms with Gasteiger partial charge in [-0.1, -0.05) is 32.9 Å². The number of morpholine rings is 1. The van der Waals surface area contributed by atoms with Crippen molar-refractivity contribution in [1.29, 1.82) is 0 Å². The average Bonchev–Trinajstić information content (AvgIpc) is 3.20. The number of carbonyl (C=O) groups is 1. The minimum atomic E-state index is 0.137. The van der Waals surface area contributed by atoms with Crippen molar-refractivity contribution in [3.63, 3.8) is 0 Å². The zero-order valence-electron chi connectivity index (χ0n) is 17.9. The maximum absolute atomic E-state index is 13.2. The number of ether oxygens (including phenoxy) is 1. The van der Waals surface area contributed by atoms with Gasteiger partial charge in [-0.3, -0.25) is 0 Å². The predicted molar refractivity (Wildman–Crippen MR) is 112 cm³/mol. The van der Waals surface area contributed by atoms with Gasteiger partial charge < -0.3 is 19.9 Å². The van der Waals surface area contributed by atoms with Gasteiger partial charge in [-0.05, 0) is 60.4 Å². The molecule has 3 aliphatic rings. The van der Waals surface area contributed by atoms with Crippen molar-refractivity contribution < 1.29 is 9.53 Å². The Labute approximate surface area is 169 Å². The quantitative estimate of drug-likeness (QED) is 0.803. The summed E-state index contributed by atoms with van der Waals surface area (Å²) in [6.07, 6.45) is 3.37. The van der Waals surface area contributed by atoms with E-state index < -0.39 is 0 Å². The van der Waals surface area contributed by atoms with Crippen LogP contribution in [0.2, 0.25) is 0 Å². The molecular formula is C23H35N3O2. The fourth-order valence-corrected chi connectivity index (χ4v) is 4.75. The normalized spacial score (nSPS) is 25.7. The van der Waals surface area contributed by atoms with E-state index in [9.17, 15) is 4.79 Å². The van der Waals surface area contributed by atoms with E-state index in [1.54, 1.807) is 0 Å². The molecule has 5 nitrogen and oxygen atoms in total. The van der Waals surface area contributed by atoms with Gasteiger partial charge in [0.05, 0.1) is 19.3 Å². The second kappa shape index (κ2) is 7.68. The molecule has 2 fully saturated rings. The van der Waals surface area contributed by atoms with Crippen molar-refractivity contribution >= 4 is 6.03 Å². The van der Waals surface area contributed by atoms with Gasteiger partial charge in [0.1, 0.15) is 0 Å². The zero-order chi connectivity index (χ0) is 19.9. The van der Waals surface area contributed by atoms with Crippen LogP contribution in [0, 0.1) is 0 Å². The molecule has 2 saturated heterocycles. The van der Waals surface area contributed by atoms with Crippen LogP contribution in [-0.4, -0.2) is 54.7 Å². The fourth-order valence-electron chi connectivity index (χ4n) is 4.75. The Hall–Kier alpha value is -1.59. The third-order valence-corrected chi connectivity index (χ3v) is 6.56. The summed E-state index contributed by atoms with van der Waals surface area (Å²) in [5.74, 6) is 0. The highest BCUT2D eigenvalue weighted by Crippen LogP contribution is 2.36. The summed E-state index contributed by atoms with van der Waals surface area (Å²) in [5, 5.41) is 3.69. The molecule has 0 radical (unpaired) electrons. The molecule has 0 unspecified atom stereocenters. The van der Waals surface area contributed by atoms with Gasteiger partial charge in [0, 0.05) is 25.7 Å². The van der Waals surface area contributed by atoms with Crippen LogP contribution in [0.3, 0.4) is 0 Å². The van der Waals surface area contributed by atoms with Gasteiger partial charge in [0.15, 0.2) is 0 Å². The fraction of sp³-hybridized carbons (Fsp3) is 0.696. The van der Waals surface area contributed by atoms with E-state index in [2.05, 4.69) is 50.0 Å². The van der Waals surface area contributed by atoms with Crippen LogP contribution in [0.4, 0.5) is 4.79 Å². The lowest BCUT2D eigenvalue weighted by atomic mass is 9.80. The predicted octanol–water partition coefficient (Wildman–Crippen LogP) is 3.61. The first-order valence-electron chi connectivity index (χ1n) is 10.9. The minimum absolute atomic E-state index is 0.137. The summed E-state index contributed by atoms with van der Waals surface area (Å²) < 4.78 is 5.52. The summed E-state index contributed by atoms with van der Waals surface area (Å²) in [5.41, 5.74) is 5.80. The Morgan fingerprint density at radius 3 is 2.75 bits per heavy atom. The second-order valence-corrected chi connectivity index (χ2v) is 9.67. The first-order chi connectivity index (χ1) is 13.3. The number of benzene rings is 1. The lowest BCUT2D eigenvalue weighted by Gasteiger charge is -2.40. The maximum Gasteiger partial charge on any atom is 0.320 e. The third kappa shape index (κ3) is 3.79. The SMILES string of the molecule is C[C@@H]1COCCN1C(=O)N1CCc2cc(C(C)(C)C)cc([C@@H]3CCCN3)c2C1. The number of nitrogens with one attached hydrogen (secondary N) is 1. The van der Waals surface area contributed by atoms with Crippen LogP contribution in [0.15, 0.2) is 12.1 Å². The van der Waals surface area contributed by atoms with E-state index >= 15 is 0 Å². The number of nitrogens with zero attached hydrogens (tertiary/aromatic N) is 2. The van der Waals surface area contributed by atoms with Gasteiger partial charge in [0.2, 0.25) is 0 Å². The van der Waals surface area contributed by atoms with Gasteiger partial charge >= 0.3 is 6.03 Å². The molecular weight excluding hydrogens is 350 g/mol. The Balaban J connectivity index is 1.64. The molecule has 3 aliphatic heterocycles. The lowest BCUT2D eigenvalue weighted by Crippen LogP contribution is -2.53. The largest absolute Gasteiger partial charge is 0.377 e. The summed E-state index contributed by atoms with van der Waals surface area (Å²) in [4.78, 5) is 17.3. The van der Waals surface area contributed by atoms with Gasteiger partial charge in [-0.15, -0.1) is 0 Å². The molecule has 28 heavy (non-hydrogen) atoms. The van der Waals surface area contributed by atoms with E-state index in [4.69, 9.17) is 4.74 Å².